The Balaban J connectivity index is 1.48. The lowest BCUT2D eigenvalue weighted by Gasteiger charge is -2.44. The topological polar surface area (TPSA) is 64.8 Å². The van der Waals surface area contributed by atoms with E-state index in [0.717, 1.165) is 31.4 Å². The van der Waals surface area contributed by atoms with Crippen LogP contribution in [0.4, 0.5) is 0 Å². The summed E-state index contributed by atoms with van der Waals surface area (Å²) in [4.78, 5) is 18.2. The number of oxazole rings is 1. The van der Waals surface area contributed by atoms with Gasteiger partial charge in [0, 0.05) is 13.2 Å². The van der Waals surface area contributed by atoms with Crippen LogP contribution in [0.1, 0.15) is 35.4 Å². The summed E-state index contributed by atoms with van der Waals surface area (Å²) in [6, 6.07) is 10.1. The molecule has 0 radical (unpaired) electrons. The Bertz CT molecular complexity index is 695. The Morgan fingerprint density at radius 1 is 1.32 bits per heavy atom. The second kappa shape index (κ2) is 6.98. The quantitative estimate of drug-likeness (QED) is 0.855. The number of aromatic nitrogens is 1. The fraction of sp³-hybridized carbons (Fsp3) is 0.474. The molecular weight excluding hydrogens is 320 g/mol. The SMILES string of the molecule is O=C(c1cnco1)N1CC[C@@]2(CCCO2)[C@@H](OCc2ccccc2)C1. The molecule has 6 heteroatoms. The number of ether oxygens (including phenoxy) is 2. The van der Waals surface area contributed by atoms with Gasteiger partial charge in [-0.3, -0.25) is 4.79 Å². The lowest BCUT2D eigenvalue weighted by molar-refractivity contribution is -0.153. The van der Waals surface area contributed by atoms with Crippen LogP contribution in [0.15, 0.2) is 47.3 Å². The summed E-state index contributed by atoms with van der Waals surface area (Å²) in [6.45, 7) is 2.43. The maximum atomic E-state index is 12.6. The zero-order valence-corrected chi connectivity index (χ0v) is 14.1. The third kappa shape index (κ3) is 3.32. The van der Waals surface area contributed by atoms with Gasteiger partial charge < -0.3 is 18.8 Å². The number of rotatable bonds is 4. The summed E-state index contributed by atoms with van der Waals surface area (Å²) in [7, 11) is 0. The molecule has 6 nitrogen and oxygen atoms in total. The largest absolute Gasteiger partial charge is 0.438 e. The molecule has 1 aromatic carbocycles. The zero-order valence-electron chi connectivity index (χ0n) is 14.1. The molecule has 2 aliphatic rings. The van der Waals surface area contributed by atoms with Crippen molar-refractivity contribution in [2.75, 3.05) is 19.7 Å². The Hall–Kier alpha value is -2.18. The van der Waals surface area contributed by atoms with Gasteiger partial charge in [-0.05, 0) is 24.8 Å². The summed E-state index contributed by atoms with van der Waals surface area (Å²) in [5.74, 6) is 0.128. The van der Waals surface area contributed by atoms with Crippen LogP contribution in [0.5, 0.6) is 0 Å². The molecule has 0 bridgehead atoms. The second-order valence-corrected chi connectivity index (χ2v) is 6.67. The standard InChI is InChI=1S/C19H22N2O4/c22-18(16-11-20-14-24-16)21-9-8-19(7-4-10-25-19)17(12-21)23-13-15-5-2-1-3-6-15/h1-3,5-6,11,14,17H,4,7-10,12-13H2/t17-,19-/m0/s1. The highest BCUT2D eigenvalue weighted by Crippen LogP contribution is 2.38. The van der Waals surface area contributed by atoms with Gasteiger partial charge in [0.25, 0.3) is 5.91 Å². The number of likely N-dealkylation sites (tertiary alicyclic amines) is 1. The average Bonchev–Trinajstić information content (AvgIpc) is 3.34. The highest BCUT2D eigenvalue weighted by molar-refractivity contribution is 5.91. The third-order valence-electron chi connectivity index (χ3n) is 5.14. The number of benzene rings is 1. The Kier molecular flexibility index (Phi) is 4.55. The molecule has 0 unspecified atom stereocenters. The van der Waals surface area contributed by atoms with E-state index in [1.165, 1.54) is 12.6 Å². The van der Waals surface area contributed by atoms with Crippen molar-refractivity contribution in [3.8, 4) is 0 Å². The summed E-state index contributed by atoms with van der Waals surface area (Å²) in [5, 5.41) is 0. The van der Waals surface area contributed by atoms with Crippen molar-refractivity contribution in [1.82, 2.24) is 9.88 Å². The third-order valence-corrected chi connectivity index (χ3v) is 5.14. The van der Waals surface area contributed by atoms with Crippen molar-refractivity contribution in [3.05, 3.63) is 54.2 Å². The van der Waals surface area contributed by atoms with E-state index in [9.17, 15) is 4.79 Å². The van der Waals surface area contributed by atoms with E-state index in [4.69, 9.17) is 13.9 Å². The van der Waals surface area contributed by atoms with Crippen LogP contribution >= 0.6 is 0 Å². The van der Waals surface area contributed by atoms with E-state index in [1.807, 2.05) is 30.3 Å². The van der Waals surface area contributed by atoms with Gasteiger partial charge in [0.2, 0.25) is 5.76 Å². The molecule has 2 saturated heterocycles. The van der Waals surface area contributed by atoms with Gasteiger partial charge in [0.1, 0.15) is 6.10 Å². The van der Waals surface area contributed by atoms with Crippen molar-refractivity contribution in [1.29, 1.82) is 0 Å². The van der Waals surface area contributed by atoms with Gasteiger partial charge in [-0.2, -0.15) is 0 Å². The van der Waals surface area contributed by atoms with E-state index in [1.54, 1.807) is 4.90 Å². The minimum absolute atomic E-state index is 0.140. The van der Waals surface area contributed by atoms with Gasteiger partial charge in [-0.15, -0.1) is 0 Å². The maximum absolute atomic E-state index is 12.6. The van der Waals surface area contributed by atoms with Crippen molar-refractivity contribution in [3.63, 3.8) is 0 Å². The number of piperidine rings is 1. The number of nitrogens with zero attached hydrogens (tertiary/aromatic N) is 2. The molecule has 1 aromatic heterocycles. The van der Waals surface area contributed by atoms with Crippen molar-refractivity contribution in [2.45, 2.75) is 37.6 Å². The van der Waals surface area contributed by atoms with E-state index < -0.39 is 0 Å². The van der Waals surface area contributed by atoms with Crippen molar-refractivity contribution in [2.24, 2.45) is 0 Å². The summed E-state index contributed by atoms with van der Waals surface area (Å²) < 4.78 is 17.5. The van der Waals surface area contributed by atoms with Gasteiger partial charge in [0.05, 0.1) is 24.9 Å². The fourth-order valence-corrected chi connectivity index (χ4v) is 3.75. The molecule has 2 aromatic rings. The first-order valence-electron chi connectivity index (χ1n) is 8.74. The Labute approximate surface area is 146 Å². The molecule has 2 aliphatic heterocycles. The van der Waals surface area contributed by atoms with Gasteiger partial charge in [-0.1, -0.05) is 30.3 Å². The minimum atomic E-state index is -0.271. The van der Waals surface area contributed by atoms with E-state index >= 15 is 0 Å². The highest BCUT2D eigenvalue weighted by Gasteiger charge is 2.48. The molecule has 1 spiro atoms. The van der Waals surface area contributed by atoms with Crippen molar-refractivity contribution < 1.29 is 18.7 Å². The Morgan fingerprint density at radius 2 is 2.20 bits per heavy atom. The monoisotopic (exact) mass is 342 g/mol. The number of carbonyl (C=O) groups is 1. The summed E-state index contributed by atoms with van der Waals surface area (Å²) in [5.41, 5.74) is 0.849. The van der Waals surface area contributed by atoms with Crippen LogP contribution in [-0.4, -0.2) is 47.2 Å². The van der Waals surface area contributed by atoms with Crippen LogP contribution < -0.4 is 0 Å². The fourth-order valence-electron chi connectivity index (χ4n) is 3.75. The first kappa shape index (κ1) is 16.3. The predicted octanol–water partition coefficient (Wildman–Crippen LogP) is 2.66. The predicted molar refractivity (Wildman–Crippen MR) is 90.0 cm³/mol. The average molecular weight is 342 g/mol. The number of hydrogen-bond acceptors (Lipinski definition) is 5. The molecule has 1 amide bonds. The van der Waals surface area contributed by atoms with Gasteiger partial charge in [-0.25, -0.2) is 4.98 Å². The van der Waals surface area contributed by atoms with Crippen LogP contribution in [0, 0.1) is 0 Å². The molecule has 3 heterocycles. The van der Waals surface area contributed by atoms with E-state index in [-0.39, 0.29) is 23.4 Å². The Morgan fingerprint density at radius 3 is 2.92 bits per heavy atom. The van der Waals surface area contributed by atoms with Crippen LogP contribution in [0.25, 0.3) is 0 Å². The van der Waals surface area contributed by atoms with Gasteiger partial charge in [0.15, 0.2) is 6.39 Å². The lowest BCUT2D eigenvalue weighted by atomic mass is 9.85. The zero-order chi connectivity index (χ0) is 17.1. The summed E-state index contributed by atoms with van der Waals surface area (Å²) in [6.07, 6.45) is 5.40. The minimum Gasteiger partial charge on any atom is -0.438 e. The molecule has 0 saturated carbocycles. The normalized spacial score (nSPS) is 26.2. The molecule has 25 heavy (non-hydrogen) atoms. The smallest absolute Gasteiger partial charge is 0.291 e. The first-order chi connectivity index (χ1) is 12.3. The molecule has 2 atom stereocenters. The molecular formula is C19H22N2O4. The van der Waals surface area contributed by atoms with Crippen LogP contribution in [-0.2, 0) is 16.1 Å². The lowest BCUT2D eigenvalue weighted by Crippen LogP contribution is -2.57. The highest BCUT2D eigenvalue weighted by atomic mass is 16.6. The van der Waals surface area contributed by atoms with E-state index in [0.29, 0.717) is 19.7 Å². The number of carbonyl (C=O) groups excluding carboxylic acids is 1. The molecule has 0 N–H and O–H groups in total. The number of amides is 1. The van der Waals surface area contributed by atoms with E-state index in [2.05, 4.69) is 4.98 Å². The number of hydrogen-bond donors (Lipinski definition) is 0. The van der Waals surface area contributed by atoms with Crippen LogP contribution in [0.2, 0.25) is 0 Å². The second-order valence-electron chi connectivity index (χ2n) is 6.67. The molecule has 0 aliphatic carbocycles. The molecule has 4 rings (SSSR count). The molecule has 2 fully saturated rings. The molecule has 132 valence electrons. The van der Waals surface area contributed by atoms with Crippen molar-refractivity contribution >= 4 is 5.91 Å². The maximum Gasteiger partial charge on any atom is 0.291 e. The summed E-state index contributed by atoms with van der Waals surface area (Å²) >= 11 is 0. The first-order valence-corrected chi connectivity index (χ1v) is 8.74. The van der Waals surface area contributed by atoms with Gasteiger partial charge >= 0.3 is 0 Å². The van der Waals surface area contributed by atoms with Crippen LogP contribution in [0.3, 0.4) is 0 Å².